The first-order valence-corrected chi connectivity index (χ1v) is 14.5. The number of hydrogen-bond acceptors (Lipinski definition) is 7. The molecule has 0 aliphatic heterocycles. The molecule has 5 aromatic rings. The maximum absolute atomic E-state index is 13.7. The van der Waals surface area contributed by atoms with Crippen LogP contribution in [0.25, 0.3) is 20.4 Å². The number of amides is 1. The highest BCUT2D eigenvalue weighted by Gasteiger charge is 2.24. The van der Waals surface area contributed by atoms with Gasteiger partial charge in [0.15, 0.2) is 8.68 Å². The fraction of sp³-hybridized carbons (Fsp3) is 0.192. The highest BCUT2D eigenvalue weighted by atomic mass is 32.2. The molecule has 3 aromatic carbocycles. The van der Waals surface area contributed by atoms with E-state index < -0.39 is 0 Å². The van der Waals surface area contributed by atoms with E-state index >= 15 is 0 Å². The van der Waals surface area contributed by atoms with Crippen LogP contribution in [-0.4, -0.2) is 21.1 Å². The van der Waals surface area contributed by atoms with Gasteiger partial charge in [0.05, 0.1) is 32.0 Å². The molecule has 1 amide bonds. The first-order valence-electron chi connectivity index (χ1n) is 11.1. The summed E-state index contributed by atoms with van der Waals surface area (Å²) in [4.78, 5) is 25.1. The summed E-state index contributed by atoms with van der Waals surface area (Å²) in [7, 11) is 0. The van der Waals surface area contributed by atoms with Crippen LogP contribution in [0.4, 0.5) is 10.5 Å². The Morgan fingerprint density at radius 2 is 1.35 bits per heavy atom. The van der Waals surface area contributed by atoms with Gasteiger partial charge in [0.2, 0.25) is 0 Å². The molecule has 0 unspecified atom stereocenters. The first-order chi connectivity index (χ1) is 16.7. The quantitative estimate of drug-likeness (QED) is 0.159. The zero-order chi connectivity index (χ0) is 23.5. The van der Waals surface area contributed by atoms with E-state index in [-0.39, 0.29) is 5.24 Å². The lowest BCUT2D eigenvalue weighted by Crippen LogP contribution is -2.29. The Labute approximate surface area is 215 Å². The largest absolute Gasteiger partial charge is 0.293 e. The minimum atomic E-state index is -0.0109. The summed E-state index contributed by atoms with van der Waals surface area (Å²) in [6.45, 7) is 4.28. The summed E-state index contributed by atoms with van der Waals surface area (Å²) in [5.41, 5.74) is 5.33. The van der Waals surface area contributed by atoms with Crippen molar-refractivity contribution in [3.8, 4) is 0 Å². The van der Waals surface area contributed by atoms with Crippen molar-refractivity contribution in [1.82, 2.24) is 9.97 Å². The number of para-hydroxylation sites is 3. The Morgan fingerprint density at radius 3 is 1.94 bits per heavy atom. The molecule has 8 heteroatoms. The van der Waals surface area contributed by atoms with E-state index in [4.69, 9.17) is 4.98 Å². The maximum atomic E-state index is 13.7. The lowest BCUT2D eigenvalue weighted by atomic mass is 10.0. The van der Waals surface area contributed by atoms with Crippen LogP contribution in [0.2, 0.25) is 0 Å². The van der Waals surface area contributed by atoms with Gasteiger partial charge >= 0.3 is 0 Å². The molecule has 34 heavy (non-hydrogen) atoms. The fourth-order valence-electron chi connectivity index (χ4n) is 3.83. The number of aryl methyl sites for hydroxylation is 2. The normalized spacial score (nSPS) is 11.4. The van der Waals surface area contributed by atoms with E-state index in [0.29, 0.717) is 5.88 Å². The van der Waals surface area contributed by atoms with Gasteiger partial charge in [-0.2, -0.15) is 0 Å². The van der Waals surface area contributed by atoms with Crippen LogP contribution in [0.3, 0.4) is 0 Å². The monoisotopic (exact) mass is 521 g/mol. The van der Waals surface area contributed by atoms with Crippen LogP contribution in [0.5, 0.6) is 0 Å². The van der Waals surface area contributed by atoms with Crippen LogP contribution < -0.4 is 4.90 Å². The van der Waals surface area contributed by atoms with Crippen LogP contribution >= 0.6 is 46.2 Å². The predicted molar refractivity (Wildman–Crippen MR) is 149 cm³/mol. The minimum Gasteiger partial charge on any atom is -0.292 e. The van der Waals surface area contributed by atoms with Gasteiger partial charge in [0.25, 0.3) is 5.24 Å². The third kappa shape index (κ3) is 4.86. The van der Waals surface area contributed by atoms with Gasteiger partial charge in [0, 0.05) is 11.8 Å². The molecule has 0 bridgehead atoms. The number of thiazole rings is 2. The van der Waals surface area contributed by atoms with Crippen molar-refractivity contribution in [2.45, 2.75) is 35.4 Å². The minimum absolute atomic E-state index is 0.0109. The Bertz CT molecular complexity index is 1370. The molecule has 0 atom stereocenters. The summed E-state index contributed by atoms with van der Waals surface area (Å²) in [6, 6.07) is 22.5. The van der Waals surface area contributed by atoms with E-state index in [1.807, 2.05) is 47.4 Å². The molecule has 0 aliphatic rings. The maximum Gasteiger partial charge on any atom is 0.293 e. The lowest BCUT2D eigenvalue weighted by molar-refractivity contribution is 0.266. The molecule has 0 fully saturated rings. The van der Waals surface area contributed by atoms with Crippen molar-refractivity contribution in [3.05, 3.63) is 77.9 Å². The second-order valence-corrected chi connectivity index (χ2v) is 12.0. The Kier molecular flexibility index (Phi) is 7.20. The lowest BCUT2D eigenvalue weighted by Gasteiger charge is -2.26. The second-order valence-electron chi connectivity index (χ2n) is 7.60. The van der Waals surface area contributed by atoms with Crippen LogP contribution in [0, 0.1) is 0 Å². The summed E-state index contributed by atoms with van der Waals surface area (Å²) < 4.78 is 4.00. The molecular weight excluding hydrogens is 499 g/mol. The zero-order valence-corrected chi connectivity index (χ0v) is 22.1. The van der Waals surface area contributed by atoms with Crippen molar-refractivity contribution in [2.75, 3.05) is 10.8 Å². The number of anilines is 1. The summed E-state index contributed by atoms with van der Waals surface area (Å²) >= 11 is 6.06. The van der Waals surface area contributed by atoms with Crippen molar-refractivity contribution in [3.63, 3.8) is 0 Å². The SMILES string of the molecule is CCc1cccc(CC)c1N(CSc1nc2ccccc2s1)C(=O)Sc1nc2ccccc2s1. The molecule has 0 aliphatic carbocycles. The van der Waals surface area contributed by atoms with Gasteiger partial charge in [0.1, 0.15) is 0 Å². The predicted octanol–water partition coefficient (Wildman–Crippen LogP) is 8.50. The topological polar surface area (TPSA) is 46.1 Å². The highest BCUT2D eigenvalue weighted by Crippen LogP contribution is 2.37. The van der Waals surface area contributed by atoms with Gasteiger partial charge < -0.3 is 0 Å². The molecule has 2 aromatic heterocycles. The Hall–Kier alpha value is -2.39. The number of benzene rings is 3. The fourth-order valence-corrected chi connectivity index (χ4v) is 7.82. The number of fused-ring (bicyclic) bond motifs is 2. The highest BCUT2D eigenvalue weighted by molar-refractivity contribution is 8.15. The van der Waals surface area contributed by atoms with Crippen LogP contribution in [-0.2, 0) is 12.8 Å². The second kappa shape index (κ2) is 10.5. The summed E-state index contributed by atoms with van der Waals surface area (Å²) in [5.74, 6) is 0.501. The van der Waals surface area contributed by atoms with Gasteiger partial charge in [-0.1, -0.05) is 68.1 Å². The zero-order valence-electron chi connectivity index (χ0n) is 18.9. The number of carbonyl (C=O) groups is 1. The Balaban J connectivity index is 1.47. The smallest absolute Gasteiger partial charge is 0.292 e. The number of thioether (sulfide) groups is 2. The van der Waals surface area contributed by atoms with Crippen molar-refractivity contribution in [1.29, 1.82) is 0 Å². The number of hydrogen-bond donors (Lipinski definition) is 0. The molecule has 0 saturated heterocycles. The molecule has 172 valence electrons. The molecular formula is C26H23N3OS4. The molecule has 0 saturated carbocycles. The molecule has 4 nitrogen and oxygen atoms in total. The number of carbonyl (C=O) groups excluding carboxylic acids is 1. The van der Waals surface area contributed by atoms with Crippen molar-refractivity contribution in [2.24, 2.45) is 0 Å². The van der Waals surface area contributed by atoms with Gasteiger partial charge in [-0.3, -0.25) is 9.69 Å². The molecule has 0 spiro atoms. The number of nitrogens with zero attached hydrogens (tertiary/aromatic N) is 3. The van der Waals surface area contributed by atoms with E-state index in [1.165, 1.54) is 22.9 Å². The van der Waals surface area contributed by atoms with E-state index in [9.17, 15) is 4.79 Å². The number of rotatable bonds is 7. The number of aromatic nitrogens is 2. The average molecular weight is 522 g/mol. The summed E-state index contributed by atoms with van der Waals surface area (Å²) in [6.07, 6.45) is 1.73. The van der Waals surface area contributed by atoms with E-state index in [1.54, 1.807) is 34.4 Å². The molecule has 5 rings (SSSR count). The van der Waals surface area contributed by atoms with Crippen LogP contribution in [0.15, 0.2) is 75.4 Å². The standard InChI is InChI=1S/C26H23N3OS4/c1-3-17-10-9-11-18(4-2)23(17)29(16-31-24-27-19-12-5-7-14-21(19)32-24)26(30)34-25-28-20-13-6-8-15-22(20)33-25/h5-15H,3-4,16H2,1-2H3. The van der Waals surface area contributed by atoms with Crippen LogP contribution in [0.1, 0.15) is 25.0 Å². The summed E-state index contributed by atoms with van der Waals surface area (Å²) in [5, 5.41) is -0.0109. The van der Waals surface area contributed by atoms with Crippen molar-refractivity contribution >= 4 is 77.6 Å². The first kappa shape index (κ1) is 23.4. The van der Waals surface area contributed by atoms with Gasteiger partial charge in [-0.05, 0) is 48.2 Å². The van der Waals surface area contributed by atoms with Gasteiger partial charge in [-0.15, -0.1) is 22.7 Å². The third-order valence-corrected chi connectivity index (χ3v) is 9.65. The van der Waals surface area contributed by atoms with Gasteiger partial charge in [-0.25, -0.2) is 9.97 Å². The average Bonchev–Trinajstić information content (AvgIpc) is 3.47. The Morgan fingerprint density at radius 1 is 0.794 bits per heavy atom. The van der Waals surface area contributed by atoms with E-state index in [0.717, 1.165) is 47.6 Å². The third-order valence-electron chi connectivity index (χ3n) is 5.50. The molecule has 0 radical (unpaired) electrons. The molecule has 0 N–H and O–H groups in total. The van der Waals surface area contributed by atoms with Crippen molar-refractivity contribution < 1.29 is 4.79 Å². The van der Waals surface area contributed by atoms with E-state index in [2.05, 4.69) is 43.1 Å². The molecule has 2 heterocycles.